The highest BCUT2D eigenvalue weighted by molar-refractivity contribution is 4.91. The second-order valence-corrected chi connectivity index (χ2v) is 4.32. The fraction of sp³-hybridized carbons (Fsp3) is 0.917. The first-order valence-electron chi connectivity index (χ1n) is 5.68. The Kier molecular flexibility index (Phi) is 9.21. The molecule has 0 bridgehead atoms. The summed E-state index contributed by atoms with van der Waals surface area (Å²) < 4.78 is 15.6. The maximum absolute atomic E-state index is 8.78. The summed E-state index contributed by atoms with van der Waals surface area (Å²) in [4.78, 5) is 0. The Bertz CT molecular complexity index is 199. The Morgan fingerprint density at radius 3 is 2.19 bits per heavy atom. The van der Waals surface area contributed by atoms with Crippen molar-refractivity contribution in [1.82, 2.24) is 0 Å². The van der Waals surface area contributed by atoms with Crippen LogP contribution in [-0.2, 0) is 14.2 Å². The number of methoxy groups -OCH3 is 1. The molecule has 0 rings (SSSR count). The highest BCUT2D eigenvalue weighted by atomic mass is 16.5. The van der Waals surface area contributed by atoms with Crippen LogP contribution in [0.3, 0.4) is 0 Å². The first kappa shape index (κ1) is 15.4. The summed E-state index contributed by atoms with van der Waals surface area (Å²) in [7, 11) is 1.66. The third-order valence-corrected chi connectivity index (χ3v) is 2.18. The zero-order chi connectivity index (χ0) is 12.3. The molecule has 0 aliphatic carbocycles. The quantitative estimate of drug-likeness (QED) is 0.538. The van der Waals surface area contributed by atoms with Crippen molar-refractivity contribution < 1.29 is 14.2 Å². The maximum Gasteiger partial charge on any atom is 0.0700 e. The average molecular weight is 229 g/mol. The van der Waals surface area contributed by atoms with Crippen LogP contribution in [0.15, 0.2) is 0 Å². The molecule has 0 heterocycles. The number of rotatable bonds is 10. The highest BCUT2D eigenvalue weighted by Gasteiger charge is 2.15. The Balaban J connectivity index is 3.14. The zero-order valence-corrected chi connectivity index (χ0v) is 10.6. The number of hydrogen-bond acceptors (Lipinski definition) is 4. The van der Waals surface area contributed by atoms with E-state index in [1.165, 1.54) is 0 Å². The minimum Gasteiger partial charge on any atom is -0.382 e. The minimum atomic E-state index is -0.283. The van der Waals surface area contributed by atoms with Gasteiger partial charge in [0, 0.05) is 26.9 Å². The molecule has 0 radical (unpaired) electrons. The monoisotopic (exact) mass is 229 g/mol. The van der Waals surface area contributed by atoms with Crippen LogP contribution in [-0.4, -0.2) is 40.1 Å². The van der Waals surface area contributed by atoms with E-state index in [4.69, 9.17) is 19.5 Å². The van der Waals surface area contributed by atoms with E-state index in [2.05, 4.69) is 6.07 Å². The van der Waals surface area contributed by atoms with Gasteiger partial charge in [0.15, 0.2) is 0 Å². The summed E-state index contributed by atoms with van der Waals surface area (Å²) in [6.07, 6.45) is 1.66. The van der Waals surface area contributed by atoms with Crippen LogP contribution in [0.5, 0.6) is 0 Å². The van der Waals surface area contributed by atoms with Crippen LogP contribution < -0.4 is 0 Å². The number of hydrogen-bond donors (Lipinski definition) is 0. The molecule has 0 amide bonds. The number of ether oxygens (including phenoxy) is 3. The molecule has 0 aromatic carbocycles. The SMILES string of the molecule is COCCOCCCOCCC(C)(C)C#N. The molecule has 0 N–H and O–H groups in total. The first-order valence-corrected chi connectivity index (χ1v) is 5.68. The highest BCUT2D eigenvalue weighted by Crippen LogP contribution is 2.17. The minimum absolute atomic E-state index is 0.283. The third-order valence-electron chi connectivity index (χ3n) is 2.18. The molecule has 0 aliphatic rings. The summed E-state index contributed by atoms with van der Waals surface area (Å²) in [5, 5.41) is 8.78. The van der Waals surface area contributed by atoms with Crippen molar-refractivity contribution in [2.75, 3.05) is 40.1 Å². The van der Waals surface area contributed by atoms with E-state index in [0.29, 0.717) is 33.0 Å². The molecular formula is C12H23NO3. The Labute approximate surface area is 98.5 Å². The van der Waals surface area contributed by atoms with Crippen LogP contribution in [0.25, 0.3) is 0 Å². The summed E-state index contributed by atoms with van der Waals surface area (Å²) in [6, 6.07) is 2.25. The molecular weight excluding hydrogens is 206 g/mol. The second-order valence-electron chi connectivity index (χ2n) is 4.32. The van der Waals surface area contributed by atoms with Gasteiger partial charge in [0.05, 0.1) is 24.7 Å². The number of nitriles is 1. The molecule has 0 saturated heterocycles. The molecule has 94 valence electrons. The van der Waals surface area contributed by atoms with Gasteiger partial charge in [0.2, 0.25) is 0 Å². The first-order chi connectivity index (χ1) is 7.62. The van der Waals surface area contributed by atoms with Crippen LogP contribution in [0.2, 0.25) is 0 Å². The molecule has 0 aliphatic heterocycles. The smallest absolute Gasteiger partial charge is 0.0700 e. The normalized spacial score (nSPS) is 11.4. The van der Waals surface area contributed by atoms with E-state index in [0.717, 1.165) is 12.8 Å². The van der Waals surface area contributed by atoms with Crippen molar-refractivity contribution in [2.24, 2.45) is 5.41 Å². The van der Waals surface area contributed by atoms with Crippen molar-refractivity contribution in [3.8, 4) is 6.07 Å². The predicted molar refractivity (Wildman–Crippen MR) is 62.1 cm³/mol. The van der Waals surface area contributed by atoms with Crippen LogP contribution in [0.1, 0.15) is 26.7 Å². The molecule has 4 heteroatoms. The van der Waals surface area contributed by atoms with Gasteiger partial charge in [-0.2, -0.15) is 5.26 Å². The maximum atomic E-state index is 8.78. The van der Waals surface area contributed by atoms with Gasteiger partial charge in [-0.1, -0.05) is 0 Å². The van der Waals surface area contributed by atoms with Crippen molar-refractivity contribution in [3.05, 3.63) is 0 Å². The standard InChI is InChI=1S/C12H23NO3/c1-12(2,11-13)5-8-15-6-4-7-16-10-9-14-3/h4-10H2,1-3H3. The third kappa shape index (κ3) is 9.91. The van der Waals surface area contributed by atoms with Crippen LogP contribution >= 0.6 is 0 Å². The van der Waals surface area contributed by atoms with Crippen LogP contribution in [0.4, 0.5) is 0 Å². The van der Waals surface area contributed by atoms with Gasteiger partial charge in [-0.05, 0) is 26.7 Å². The Morgan fingerprint density at radius 2 is 1.62 bits per heavy atom. The topological polar surface area (TPSA) is 51.5 Å². The van der Waals surface area contributed by atoms with E-state index in [-0.39, 0.29) is 5.41 Å². The molecule has 0 fully saturated rings. The molecule has 16 heavy (non-hydrogen) atoms. The second kappa shape index (κ2) is 9.59. The van der Waals surface area contributed by atoms with E-state index < -0.39 is 0 Å². The van der Waals surface area contributed by atoms with Crippen molar-refractivity contribution in [1.29, 1.82) is 5.26 Å². The van der Waals surface area contributed by atoms with Gasteiger partial charge >= 0.3 is 0 Å². The Morgan fingerprint density at radius 1 is 1.00 bits per heavy atom. The Hall–Kier alpha value is -0.630. The van der Waals surface area contributed by atoms with Gasteiger partial charge in [0.25, 0.3) is 0 Å². The molecule has 0 aromatic heterocycles. The lowest BCUT2D eigenvalue weighted by Gasteiger charge is -2.14. The lowest BCUT2D eigenvalue weighted by atomic mass is 9.92. The molecule has 0 spiro atoms. The molecule has 4 nitrogen and oxygen atoms in total. The summed E-state index contributed by atoms with van der Waals surface area (Å²) >= 11 is 0. The van der Waals surface area contributed by atoms with E-state index >= 15 is 0 Å². The van der Waals surface area contributed by atoms with Gasteiger partial charge in [-0.25, -0.2) is 0 Å². The fourth-order valence-electron chi connectivity index (χ4n) is 0.993. The lowest BCUT2D eigenvalue weighted by molar-refractivity contribution is 0.0484. The van der Waals surface area contributed by atoms with Crippen molar-refractivity contribution in [3.63, 3.8) is 0 Å². The van der Waals surface area contributed by atoms with Gasteiger partial charge in [0.1, 0.15) is 0 Å². The summed E-state index contributed by atoms with van der Waals surface area (Å²) in [6.45, 7) is 7.14. The van der Waals surface area contributed by atoms with Crippen molar-refractivity contribution >= 4 is 0 Å². The van der Waals surface area contributed by atoms with E-state index in [1.807, 2.05) is 13.8 Å². The summed E-state index contributed by atoms with van der Waals surface area (Å²) in [5.41, 5.74) is -0.283. The van der Waals surface area contributed by atoms with Crippen LogP contribution in [0, 0.1) is 16.7 Å². The molecule has 0 saturated carbocycles. The average Bonchev–Trinajstić information content (AvgIpc) is 2.27. The molecule has 0 atom stereocenters. The van der Waals surface area contributed by atoms with Gasteiger partial charge in [-0.3, -0.25) is 0 Å². The largest absolute Gasteiger partial charge is 0.382 e. The zero-order valence-electron chi connectivity index (χ0n) is 10.6. The predicted octanol–water partition coefficient (Wildman–Crippen LogP) is 2.00. The van der Waals surface area contributed by atoms with E-state index in [1.54, 1.807) is 7.11 Å². The van der Waals surface area contributed by atoms with Crippen molar-refractivity contribution in [2.45, 2.75) is 26.7 Å². The molecule has 0 aromatic rings. The molecule has 0 unspecified atom stereocenters. The van der Waals surface area contributed by atoms with E-state index in [9.17, 15) is 0 Å². The summed E-state index contributed by atoms with van der Waals surface area (Å²) in [5.74, 6) is 0. The lowest BCUT2D eigenvalue weighted by Crippen LogP contribution is -2.12. The van der Waals surface area contributed by atoms with Gasteiger partial charge in [-0.15, -0.1) is 0 Å². The number of nitrogens with zero attached hydrogens (tertiary/aromatic N) is 1. The van der Waals surface area contributed by atoms with Gasteiger partial charge < -0.3 is 14.2 Å². The fourth-order valence-corrected chi connectivity index (χ4v) is 0.993.